The van der Waals surface area contributed by atoms with Crippen molar-refractivity contribution >= 4 is 12.0 Å². The SMILES string of the molecule is CN(Cc1cnn(C)c1)c1nc(C(=O)O)co1. The summed E-state index contributed by atoms with van der Waals surface area (Å²) >= 11 is 0. The number of anilines is 1. The number of hydrogen-bond acceptors (Lipinski definition) is 5. The number of hydrogen-bond donors (Lipinski definition) is 1. The first kappa shape index (κ1) is 11.2. The van der Waals surface area contributed by atoms with E-state index in [1.165, 1.54) is 0 Å². The van der Waals surface area contributed by atoms with E-state index in [0.29, 0.717) is 6.54 Å². The molecule has 0 atom stereocenters. The van der Waals surface area contributed by atoms with Gasteiger partial charge in [-0.05, 0) is 0 Å². The topological polar surface area (TPSA) is 84.4 Å². The molecule has 1 N–H and O–H groups in total. The van der Waals surface area contributed by atoms with Crippen LogP contribution in [0.15, 0.2) is 23.1 Å². The van der Waals surface area contributed by atoms with E-state index in [4.69, 9.17) is 9.52 Å². The lowest BCUT2D eigenvalue weighted by atomic mass is 10.3. The molecular weight excluding hydrogens is 224 g/mol. The van der Waals surface area contributed by atoms with E-state index in [1.807, 2.05) is 13.2 Å². The second-order valence-electron chi connectivity index (χ2n) is 3.70. The first-order chi connectivity index (χ1) is 8.06. The highest BCUT2D eigenvalue weighted by atomic mass is 16.4. The number of carbonyl (C=O) groups is 1. The maximum atomic E-state index is 10.6. The van der Waals surface area contributed by atoms with E-state index in [9.17, 15) is 4.79 Å². The van der Waals surface area contributed by atoms with Gasteiger partial charge >= 0.3 is 5.97 Å². The highest BCUT2D eigenvalue weighted by Crippen LogP contribution is 2.14. The second-order valence-corrected chi connectivity index (χ2v) is 3.70. The molecule has 90 valence electrons. The Labute approximate surface area is 97.3 Å². The lowest BCUT2D eigenvalue weighted by Crippen LogP contribution is -2.16. The van der Waals surface area contributed by atoms with Gasteiger partial charge in [-0.3, -0.25) is 4.68 Å². The molecule has 0 saturated heterocycles. The van der Waals surface area contributed by atoms with Gasteiger partial charge < -0.3 is 14.4 Å². The van der Waals surface area contributed by atoms with Gasteiger partial charge in [0.2, 0.25) is 0 Å². The minimum Gasteiger partial charge on any atom is -0.476 e. The monoisotopic (exact) mass is 236 g/mol. The molecule has 0 aliphatic carbocycles. The Bertz CT molecular complexity index is 531. The third kappa shape index (κ3) is 2.44. The maximum absolute atomic E-state index is 10.6. The zero-order valence-electron chi connectivity index (χ0n) is 9.49. The smallest absolute Gasteiger partial charge is 0.357 e. The minimum absolute atomic E-state index is 0.0990. The van der Waals surface area contributed by atoms with E-state index < -0.39 is 5.97 Å². The van der Waals surface area contributed by atoms with Crippen molar-refractivity contribution in [1.29, 1.82) is 0 Å². The zero-order chi connectivity index (χ0) is 12.4. The standard InChI is InChI=1S/C10H12N4O3/c1-13(4-7-3-11-14(2)5-7)10-12-8(6-17-10)9(15)16/h3,5-6H,4H2,1-2H3,(H,15,16). The van der Waals surface area contributed by atoms with Gasteiger partial charge in [-0.25, -0.2) is 4.79 Å². The number of aromatic carboxylic acids is 1. The van der Waals surface area contributed by atoms with Crippen LogP contribution < -0.4 is 4.90 Å². The third-order valence-electron chi connectivity index (χ3n) is 2.22. The third-order valence-corrected chi connectivity index (χ3v) is 2.22. The summed E-state index contributed by atoms with van der Waals surface area (Å²) in [5.74, 6) is -1.10. The Hall–Kier alpha value is -2.31. The average Bonchev–Trinajstić information content (AvgIpc) is 2.86. The molecule has 17 heavy (non-hydrogen) atoms. The van der Waals surface area contributed by atoms with Crippen LogP contribution in [-0.4, -0.2) is 32.9 Å². The molecule has 0 aliphatic rings. The first-order valence-electron chi connectivity index (χ1n) is 4.94. The van der Waals surface area contributed by atoms with Crippen molar-refractivity contribution in [3.05, 3.63) is 29.9 Å². The highest BCUT2D eigenvalue weighted by Gasteiger charge is 2.14. The molecule has 0 spiro atoms. The van der Waals surface area contributed by atoms with Gasteiger partial charge in [0.05, 0.1) is 12.7 Å². The lowest BCUT2D eigenvalue weighted by molar-refractivity contribution is 0.0690. The largest absolute Gasteiger partial charge is 0.476 e. The minimum atomic E-state index is -1.10. The normalized spacial score (nSPS) is 10.5. The van der Waals surface area contributed by atoms with Crippen LogP contribution in [0.1, 0.15) is 16.1 Å². The quantitative estimate of drug-likeness (QED) is 0.842. The summed E-state index contributed by atoms with van der Waals surface area (Å²) < 4.78 is 6.77. The molecule has 0 aliphatic heterocycles. The molecule has 2 heterocycles. The number of rotatable bonds is 4. The molecule has 0 radical (unpaired) electrons. The van der Waals surface area contributed by atoms with Crippen molar-refractivity contribution in [2.45, 2.75) is 6.54 Å². The molecule has 7 heteroatoms. The van der Waals surface area contributed by atoms with E-state index in [2.05, 4.69) is 10.1 Å². The van der Waals surface area contributed by atoms with E-state index in [1.54, 1.807) is 22.8 Å². The summed E-state index contributed by atoms with van der Waals surface area (Å²) in [6.45, 7) is 0.549. The summed E-state index contributed by atoms with van der Waals surface area (Å²) in [5.41, 5.74) is 0.892. The number of carboxylic acid groups (broad SMARTS) is 1. The van der Waals surface area contributed by atoms with Crippen LogP contribution in [0.2, 0.25) is 0 Å². The van der Waals surface area contributed by atoms with Gasteiger partial charge in [0.1, 0.15) is 6.26 Å². The fourth-order valence-electron chi connectivity index (χ4n) is 1.43. The van der Waals surface area contributed by atoms with Crippen molar-refractivity contribution in [2.24, 2.45) is 7.05 Å². The van der Waals surface area contributed by atoms with Crippen LogP contribution in [0.25, 0.3) is 0 Å². The number of oxazole rings is 1. The lowest BCUT2D eigenvalue weighted by Gasteiger charge is -2.12. The van der Waals surface area contributed by atoms with Gasteiger partial charge in [-0.2, -0.15) is 10.1 Å². The van der Waals surface area contributed by atoms with Crippen molar-refractivity contribution in [3.8, 4) is 0 Å². The summed E-state index contributed by atoms with van der Waals surface area (Å²) in [4.78, 5) is 16.2. The fraction of sp³-hybridized carbons (Fsp3) is 0.300. The Morgan fingerprint density at radius 3 is 2.94 bits per heavy atom. The fourth-order valence-corrected chi connectivity index (χ4v) is 1.43. The molecule has 7 nitrogen and oxygen atoms in total. The van der Waals surface area contributed by atoms with Crippen LogP contribution in [0.3, 0.4) is 0 Å². The van der Waals surface area contributed by atoms with Gasteiger partial charge in [0.25, 0.3) is 6.01 Å². The molecule has 0 unspecified atom stereocenters. The maximum Gasteiger partial charge on any atom is 0.357 e. The molecule has 2 aromatic rings. The van der Waals surface area contributed by atoms with Crippen LogP contribution in [0.4, 0.5) is 6.01 Å². The van der Waals surface area contributed by atoms with E-state index in [0.717, 1.165) is 11.8 Å². The Kier molecular flexibility index (Phi) is 2.82. The number of aryl methyl sites for hydroxylation is 1. The summed E-state index contributed by atoms with van der Waals surface area (Å²) in [6, 6.07) is 0.270. The second kappa shape index (κ2) is 4.28. The van der Waals surface area contributed by atoms with Crippen molar-refractivity contribution in [1.82, 2.24) is 14.8 Å². The predicted octanol–water partition coefficient (Wildman–Crippen LogP) is 0.743. The molecule has 0 bridgehead atoms. The molecule has 2 aromatic heterocycles. The summed E-state index contributed by atoms with van der Waals surface area (Å²) in [6.07, 6.45) is 4.73. The van der Waals surface area contributed by atoms with Gasteiger partial charge in [-0.1, -0.05) is 0 Å². The molecule has 0 aromatic carbocycles. The van der Waals surface area contributed by atoms with Crippen molar-refractivity contribution < 1.29 is 14.3 Å². The van der Waals surface area contributed by atoms with Crippen molar-refractivity contribution in [3.63, 3.8) is 0 Å². The predicted molar refractivity (Wildman–Crippen MR) is 58.8 cm³/mol. The number of carboxylic acids is 1. The highest BCUT2D eigenvalue weighted by molar-refractivity contribution is 5.85. The average molecular weight is 236 g/mol. The molecule has 0 saturated carbocycles. The molecule has 0 fully saturated rings. The molecule has 2 rings (SSSR count). The van der Waals surface area contributed by atoms with Crippen LogP contribution in [0.5, 0.6) is 0 Å². The Morgan fingerprint density at radius 2 is 2.41 bits per heavy atom. The molecule has 0 amide bonds. The van der Waals surface area contributed by atoms with Gasteiger partial charge in [-0.15, -0.1) is 0 Å². The first-order valence-corrected chi connectivity index (χ1v) is 4.94. The van der Waals surface area contributed by atoms with E-state index >= 15 is 0 Å². The zero-order valence-corrected chi connectivity index (χ0v) is 9.49. The van der Waals surface area contributed by atoms with Crippen LogP contribution in [0, 0.1) is 0 Å². The molecular formula is C10H12N4O3. The Balaban J connectivity index is 2.08. The van der Waals surface area contributed by atoms with Crippen LogP contribution in [-0.2, 0) is 13.6 Å². The Morgan fingerprint density at radius 1 is 1.65 bits per heavy atom. The van der Waals surface area contributed by atoms with Gasteiger partial charge in [0, 0.05) is 25.9 Å². The number of nitrogens with zero attached hydrogens (tertiary/aromatic N) is 4. The summed E-state index contributed by atoms with van der Waals surface area (Å²) in [7, 11) is 3.60. The number of aromatic nitrogens is 3. The van der Waals surface area contributed by atoms with Gasteiger partial charge in [0.15, 0.2) is 5.69 Å². The van der Waals surface area contributed by atoms with Crippen LogP contribution >= 0.6 is 0 Å². The summed E-state index contributed by atoms with van der Waals surface area (Å²) in [5, 5.41) is 12.8. The van der Waals surface area contributed by atoms with Crippen molar-refractivity contribution in [2.75, 3.05) is 11.9 Å². The van der Waals surface area contributed by atoms with E-state index in [-0.39, 0.29) is 11.7 Å².